The van der Waals surface area contributed by atoms with Gasteiger partial charge in [0.2, 0.25) is 0 Å². The predicted octanol–water partition coefficient (Wildman–Crippen LogP) is 3.05. The maximum absolute atomic E-state index is 14.2. The number of halogens is 2. The van der Waals surface area contributed by atoms with E-state index in [4.69, 9.17) is 5.73 Å². The van der Waals surface area contributed by atoms with E-state index in [0.29, 0.717) is 16.6 Å². The van der Waals surface area contributed by atoms with Crippen molar-refractivity contribution in [1.82, 2.24) is 9.61 Å². The molecule has 0 bridgehead atoms. The molecular formula is C18H16F2N4O. The molecule has 128 valence electrons. The Morgan fingerprint density at radius 3 is 2.88 bits per heavy atom. The number of primary amides is 1. The molecule has 1 fully saturated rings. The largest absolute Gasteiger partial charge is 0.365 e. The fraction of sp³-hybridized carbons (Fsp3) is 0.222. The van der Waals surface area contributed by atoms with Crippen molar-refractivity contribution in [2.24, 2.45) is 5.73 Å². The number of anilines is 1. The van der Waals surface area contributed by atoms with Crippen LogP contribution in [-0.4, -0.2) is 22.1 Å². The van der Waals surface area contributed by atoms with Crippen molar-refractivity contribution in [3.05, 3.63) is 65.5 Å². The highest BCUT2D eigenvalue weighted by Gasteiger charge is 2.29. The second kappa shape index (κ2) is 5.84. The zero-order valence-corrected chi connectivity index (χ0v) is 13.3. The van der Waals surface area contributed by atoms with Crippen LogP contribution < -0.4 is 10.6 Å². The molecule has 3 aromatic rings. The number of pyridine rings is 1. The van der Waals surface area contributed by atoms with E-state index in [1.54, 1.807) is 10.7 Å². The molecular weight excluding hydrogens is 326 g/mol. The number of amides is 1. The number of hydrogen-bond acceptors (Lipinski definition) is 3. The second-order valence-corrected chi connectivity index (χ2v) is 6.15. The zero-order valence-electron chi connectivity index (χ0n) is 13.3. The smallest absolute Gasteiger partial charge is 0.252 e. The van der Waals surface area contributed by atoms with Gasteiger partial charge in [-0.15, -0.1) is 0 Å². The molecule has 4 rings (SSSR count). The summed E-state index contributed by atoms with van der Waals surface area (Å²) in [4.78, 5) is 13.6. The van der Waals surface area contributed by atoms with Crippen LogP contribution >= 0.6 is 0 Å². The molecule has 1 amide bonds. The van der Waals surface area contributed by atoms with Gasteiger partial charge in [-0.1, -0.05) is 0 Å². The maximum atomic E-state index is 14.2. The van der Waals surface area contributed by atoms with Gasteiger partial charge in [0.25, 0.3) is 5.91 Å². The summed E-state index contributed by atoms with van der Waals surface area (Å²) in [7, 11) is 0. The summed E-state index contributed by atoms with van der Waals surface area (Å²) in [6, 6.07) is 6.94. The molecule has 7 heteroatoms. The lowest BCUT2D eigenvalue weighted by molar-refractivity contribution is 0.100. The monoisotopic (exact) mass is 342 g/mol. The van der Waals surface area contributed by atoms with Gasteiger partial charge in [-0.05, 0) is 43.2 Å². The number of aromatic nitrogens is 2. The normalized spacial score (nSPS) is 17.4. The zero-order chi connectivity index (χ0) is 17.6. The SMILES string of the molecule is NC(=O)c1cnn2ccc(N3CCCC3c3cc(F)ccc3F)cc12. The van der Waals surface area contributed by atoms with Gasteiger partial charge in [-0.25, -0.2) is 13.3 Å². The molecule has 0 spiro atoms. The molecule has 0 saturated carbocycles. The quantitative estimate of drug-likeness (QED) is 0.796. The first-order valence-corrected chi connectivity index (χ1v) is 8.03. The molecule has 2 N–H and O–H groups in total. The third kappa shape index (κ3) is 2.61. The van der Waals surface area contributed by atoms with Crippen molar-refractivity contribution in [2.45, 2.75) is 18.9 Å². The highest BCUT2D eigenvalue weighted by Crippen LogP contribution is 2.37. The number of benzene rings is 1. The molecule has 2 aromatic heterocycles. The molecule has 1 atom stereocenters. The minimum atomic E-state index is -0.554. The Kier molecular flexibility index (Phi) is 3.63. The van der Waals surface area contributed by atoms with E-state index in [1.165, 1.54) is 12.3 Å². The van der Waals surface area contributed by atoms with Crippen LogP contribution in [0.4, 0.5) is 14.5 Å². The topological polar surface area (TPSA) is 63.6 Å². The Balaban J connectivity index is 1.77. The van der Waals surface area contributed by atoms with Crippen molar-refractivity contribution >= 4 is 17.1 Å². The molecule has 0 radical (unpaired) electrons. The molecule has 1 unspecified atom stereocenters. The van der Waals surface area contributed by atoms with E-state index in [0.717, 1.165) is 37.2 Å². The molecule has 1 aromatic carbocycles. The Labute approximate surface area is 142 Å². The van der Waals surface area contributed by atoms with Crippen LogP contribution in [0.25, 0.3) is 5.52 Å². The lowest BCUT2D eigenvalue weighted by Gasteiger charge is -2.27. The molecule has 5 nitrogen and oxygen atoms in total. The van der Waals surface area contributed by atoms with Crippen LogP contribution in [0.5, 0.6) is 0 Å². The Bertz CT molecular complexity index is 969. The van der Waals surface area contributed by atoms with E-state index in [-0.39, 0.29) is 6.04 Å². The number of carbonyl (C=O) groups is 1. The van der Waals surface area contributed by atoms with E-state index in [1.807, 2.05) is 17.0 Å². The molecule has 25 heavy (non-hydrogen) atoms. The lowest BCUT2D eigenvalue weighted by atomic mass is 10.0. The number of fused-ring (bicyclic) bond motifs is 1. The second-order valence-electron chi connectivity index (χ2n) is 6.15. The molecule has 3 heterocycles. The average Bonchev–Trinajstić information content (AvgIpc) is 3.22. The first-order valence-electron chi connectivity index (χ1n) is 8.03. The summed E-state index contributed by atoms with van der Waals surface area (Å²) in [5, 5.41) is 4.10. The van der Waals surface area contributed by atoms with Gasteiger partial charge in [0.1, 0.15) is 11.6 Å². The third-order valence-corrected chi connectivity index (χ3v) is 4.67. The minimum absolute atomic E-state index is 0.252. The average molecular weight is 342 g/mol. The van der Waals surface area contributed by atoms with E-state index in [2.05, 4.69) is 5.10 Å². The van der Waals surface area contributed by atoms with E-state index in [9.17, 15) is 13.6 Å². The highest BCUT2D eigenvalue weighted by molar-refractivity contribution is 5.99. The minimum Gasteiger partial charge on any atom is -0.365 e. The fourth-order valence-electron chi connectivity index (χ4n) is 3.51. The number of nitrogens with two attached hydrogens (primary N) is 1. The van der Waals surface area contributed by atoms with E-state index >= 15 is 0 Å². The standard InChI is InChI=1S/C18H16F2N4O/c19-11-3-4-15(20)13(8-11)16-2-1-6-23(16)12-5-7-24-17(9-12)14(10-22-24)18(21)25/h3-5,7-10,16H,1-2,6H2,(H2,21,25). The van der Waals surface area contributed by atoms with Crippen LogP contribution in [0.3, 0.4) is 0 Å². The van der Waals surface area contributed by atoms with Crippen molar-refractivity contribution in [3.63, 3.8) is 0 Å². The first-order chi connectivity index (χ1) is 12.0. The van der Waals surface area contributed by atoms with Crippen LogP contribution in [0.1, 0.15) is 34.8 Å². The first kappa shape index (κ1) is 15.6. The Morgan fingerprint density at radius 2 is 2.08 bits per heavy atom. The van der Waals surface area contributed by atoms with Gasteiger partial charge in [0.05, 0.1) is 23.3 Å². The van der Waals surface area contributed by atoms with E-state index < -0.39 is 17.5 Å². The summed E-state index contributed by atoms with van der Waals surface area (Å²) in [5.41, 5.74) is 7.48. The summed E-state index contributed by atoms with van der Waals surface area (Å²) < 4.78 is 29.4. The van der Waals surface area contributed by atoms with Crippen molar-refractivity contribution < 1.29 is 13.6 Å². The van der Waals surface area contributed by atoms with Gasteiger partial charge in [0.15, 0.2) is 0 Å². The van der Waals surface area contributed by atoms with Crippen molar-refractivity contribution in [2.75, 3.05) is 11.4 Å². The van der Waals surface area contributed by atoms with Gasteiger partial charge in [0, 0.05) is 24.0 Å². The van der Waals surface area contributed by atoms with Gasteiger partial charge < -0.3 is 10.6 Å². The summed E-state index contributed by atoms with van der Waals surface area (Å²) in [5.74, 6) is -1.42. The number of rotatable bonds is 3. The maximum Gasteiger partial charge on any atom is 0.252 e. The number of nitrogens with zero attached hydrogens (tertiary/aromatic N) is 3. The fourth-order valence-corrected chi connectivity index (χ4v) is 3.51. The number of hydrogen-bond donors (Lipinski definition) is 1. The van der Waals surface area contributed by atoms with Gasteiger partial charge in [-0.3, -0.25) is 4.79 Å². The summed E-state index contributed by atoms with van der Waals surface area (Å²) >= 11 is 0. The van der Waals surface area contributed by atoms with Crippen molar-refractivity contribution in [3.8, 4) is 0 Å². The van der Waals surface area contributed by atoms with Crippen LogP contribution in [0.2, 0.25) is 0 Å². The summed E-state index contributed by atoms with van der Waals surface area (Å²) in [6.45, 7) is 0.719. The van der Waals surface area contributed by atoms with Gasteiger partial charge >= 0.3 is 0 Å². The number of carbonyl (C=O) groups excluding carboxylic acids is 1. The lowest BCUT2D eigenvalue weighted by Crippen LogP contribution is -2.23. The van der Waals surface area contributed by atoms with Gasteiger partial charge in [-0.2, -0.15) is 5.10 Å². The molecule has 1 aliphatic rings. The third-order valence-electron chi connectivity index (χ3n) is 4.67. The molecule has 0 aliphatic carbocycles. The Morgan fingerprint density at radius 1 is 1.24 bits per heavy atom. The Hall–Kier alpha value is -2.96. The van der Waals surface area contributed by atoms with Crippen molar-refractivity contribution in [1.29, 1.82) is 0 Å². The van der Waals surface area contributed by atoms with Crippen LogP contribution in [-0.2, 0) is 0 Å². The van der Waals surface area contributed by atoms with Crippen LogP contribution in [0.15, 0.2) is 42.7 Å². The predicted molar refractivity (Wildman–Crippen MR) is 89.4 cm³/mol. The summed E-state index contributed by atoms with van der Waals surface area (Å²) in [6.07, 6.45) is 4.75. The van der Waals surface area contributed by atoms with Crippen LogP contribution in [0, 0.1) is 11.6 Å². The molecule has 1 saturated heterocycles. The highest BCUT2D eigenvalue weighted by atomic mass is 19.1. The molecule has 1 aliphatic heterocycles.